The Morgan fingerprint density at radius 3 is 2.59 bits per heavy atom. The molecule has 1 amide bonds. The summed E-state index contributed by atoms with van der Waals surface area (Å²) in [4.78, 5) is 28.9. The second-order valence-electron chi connectivity index (χ2n) is 6.14. The van der Waals surface area contributed by atoms with Crippen LogP contribution < -0.4 is 10.1 Å². The highest BCUT2D eigenvalue weighted by molar-refractivity contribution is 6.31. The predicted molar refractivity (Wildman–Crippen MR) is 109 cm³/mol. The molecule has 1 unspecified atom stereocenters. The number of aromatic nitrogens is 1. The van der Waals surface area contributed by atoms with Crippen molar-refractivity contribution < 1.29 is 19.1 Å². The van der Waals surface area contributed by atoms with Crippen molar-refractivity contribution >= 4 is 23.5 Å². The van der Waals surface area contributed by atoms with E-state index >= 15 is 0 Å². The third-order valence-corrected chi connectivity index (χ3v) is 4.40. The molecule has 7 heteroatoms. The van der Waals surface area contributed by atoms with Gasteiger partial charge in [-0.15, -0.1) is 0 Å². The van der Waals surface area contributed by atoms with Gasteiger partial charge in [0.15, 0.2) is 6.10 Å². The molecule has 148 valence electrons. The van der Waals surface area contributed by atoms with Crippen molar-refractivity contribution in [1.82, 2.24) is 10.3 Å². The highest BCUT2D eigenvalue weighted by Crippen LogP contribution is 2.25. The van der Waals surface area contributed by atoms with Gasteiger partial charge in [0.25, 0.3) is 5.91 Å². The summed E-state index contributed by atoms with van der Waals surface area (Å²) in [6.45, 7) is 1.74. The first-order valence-corrected chi connectivity index (χ1v) is 9.31. The van der Waals surface area contributed by atoms with Crippen LogP contribution in [-0.4, -0.2) is 23.0 Å². The number of carbonyl (C=O) groups excluding carboxylic acids is 2. The average molecular weight is 411 g/mol. The van der Waals surface area contributed by atoms with Gasteiger partial charge in [-0.1, -0.05) is 41.9 Å². The van der Waals surface area contributed by atoms with Gasteiger partial charge in [-0.3, -0.25) is 9.78 Å². The van der Waals surface area contributed by atoms with Crippen LogP contribution in [0.15, 0.2) is 73.1 Å². The van der Waals surface area contributed by atoms with Crippen LogP contribution in [0, 0.1) is 0 Å². The van der Waals surface area contributed by atoms with E-state index in [2.05, 4.69) is 10.3 Å². The summed E-state index contributed by atoms with van der Waals surface area (Å²) in [5.74, 6) is -0.290. The lowest BCUT2D eigenvalue weighted by molar-refractivity contribution is -0.129. The summed E-state index contributed by atoms with van der Waals surface area (Å²) in [5.41, 5.74) is 0.985. The maximum Gasteiger partial charge on any atom is 0.342 e. The number of para-hydroxylation sites is 1. The van der Waals surface area contributed by atoms with Crippen LogP contribution in [0.4, 0.5) is 0 Å². The third kappa shape index (κ3) is 5.56. The lowest BCUT2D eigenvalue weighted by Gasteiger charge is -2.15. The van der Waals surface area contributed by atoms with Crippen molar-refractivity contribution in [2.24, 2.45) is 0 Å². The zero-order valence-corrected chi connectivity index (χ0v) is 16.4. The second-order valence-corrected chi connectivity index (χ2v) is 6.55. The number of amides is 1. The molecule has 0 spiro atoms. The van der Waals surface area contributed by atoms with E-state index in [1.54, 1.807) is 48.7 Å². The smallest absolute Gasteiger partial charge is 0.342 e. The van der Waals surface area contributed by atoms with Gasteiger partial charge in [0.1, 0.15) is 17.1 Å². The number of rotatable bonds is 7. The first-order chi connectivity index (χ1) is 14.0. The summed E-state index contributed by atoms with van der Waals surface area (Å²) >= 11 is 6.08. The standard InChI is InChI=1S/C22H19ClN2O4/c1-15(21(26)25-13-16-7-2-4-10-19(16)23)28-22(27)18-9-3-5-11-20(18)29-17-8-6-12-24-14-17/h2-12,14-15H,13H2,1H3,(H,25,26). The molecule has 1 aromatic heterocycles. The number of nitrogens with zero attached hydrogens (tertiary/aromatic N) is 1. The number of nitrogens with one attached hydrogen (secondary N) is 1. The number of ether oxygens (including phenoxy) is 2. The molecule has 0 bridgehead atoms. The molecule has 0 fully saturated rings. The Balaban J connectivity index is 1.62. The minimum atomic E-state index is -0.989. The molecular formula is C22H19ClN2O4. The van der Waals surface area contributed by atoms with E-state index < -0.39 is 18.0 Å². The minimum absolute atomic E-state index is 0.210. The highest BCUT2D eigenvalue weighted by Gasteiger charge is 2.21. The van der Waals surface area contributed by atoms with Gasteiger partial charge in [0, 0.05) is 17.8 Å². The van der Waals surface area contributed by atoms with Gasteiger partial charge in [0.2, 0.25) is 0 Å². The zero-order chi connectivity index (χ0) is 20.6. The molecule has 0 aliphatic heterocycles. The summed E-state index contributed by atoms with van der Waals surface area (Å²) < 4.78 is 11.0. The van der Waals surface area contributed by atoms with E-state index in [4.69, 9.17) is 21.1 Å². The van der Waals surface area contributed by atoms with E-state index in [9.17, 15) is 9.59 Å². The third-order valence-electron chi connectivity index (χ3n) is 4.03. The Morgan fingerprint density at radius 2 is 1.83 bits per heavy atom. The molecule has 1 N–H and O–H groups in total. The quantitative estimate of drug-likeness (QED) is 0.584. The maximum absolute atomic E-state index is 12.6. The van der Waals surface area contributed by atoms with Crippen LogP contribution in [0.2, 0.25) is 5.02 Å². The normalized spacial score (nSPS) is 11.4. The number of halogens is 1. The van der Waals surface area contributed by atoms with E-state index in [1.807, 2.05) is 18.2 Å². The fourth-order valence-electron chi connectivity index (χ4n) is 2.50. The molecular weight excluding hydrogens is 392 g/mol. The van der Waals surface area contributed by atoms with Crippen molar-refractivity contribution in [3.8, 4) is 11.5 Å². The topological polar surface area (TPSA) is 77.5 Å². The first-order valence-electron chi connectivity index (χ1n) is 8.93. The van der Waals surface area contributed by atoms with Crippen LogP contribution in [0.25, 0.3) is 0 Å². The molecule has 0 saturated carbocycles. The molecule has 1 atom stereocenters. The fourth-order valence-corrected chi connectivity index (χ4v) is 2.71. The van der Waals surface area contributed by atoms with Gasteiger partial charge in [-0.25, -0.2) is 4.79 Å². The Bertz CT molecular complexity index is 995. The molecule has 3 aromatic rings. The summed E-state index contributed by atoms with van der Waals surface area (Å²) in [6, 6.07) is 17.3. The van der Waals surface area contributed by atoms with Crippen molar-refractivity contribution in [2.45, 2.75) is 19.6 Å². The molecule has 0 aliphatic carbocycles. The largest absolute Gasteiger partial charge is 0.455 e. The van der Waals surface area contributed by atoms with Crippen molar-refractivity contribution in [3.05, 3.63) is 89.2 Å². The molecule has 0 aliphatic rings. The van der Waals surface area contributed by atoms with Gasteiger partial charge in [-0.05, 0) is 42.8 Å². The van der Waals surface area contributed by atoms with Gasteiger partial charge >= 0.3 is 5.97 Å². The molecule has 6 nitrogen and oxygen atoms in total. The van der Waals surface area contributed by atoms with Gasteiger partial charge in [-0.2, -0.15) is 0 Å². The summed E-state index contributed by atoms with van der Waals surface area (Å²) in [7, 11) is 0. The Hall–Kier alpha value is -3.38. The maximum atomic E-state index is 12.6. The summed E-state index contributed by atoms with van der Waals surface area (Å²) in [6.07, 6.45) is 2.17. The molecule has 29 heavy (non-hydrogen) atoms. The number of pyridine rings is 1. The van der Waals surface area contributed by atoms with Crippen molar-refractivity contribution in [1.29, 1.82) is 0 Å². The first kappa shape index (κ1) is 20.4. The van der Waals surface area contributed by atoms with E-state index in [0.717, 1.165) is 5.56 Å². The number of hydrogen-bond donors (Lipinski definition) is 1. The summed E-state index contributed by atoms with van der Waals surface area (Å²) in [5, 5.41) is 3.27. The number of esters is 1. The average Bonchev–Trinajstić information content (AvgIpc) is 2.74. The van der Waals surface area contributed by atoms with Crippen LogP contribution in [0.5, 0.6) is 11.5 Å². The Morgan fingerprint density at radius 1 is 1.07 bits per heavy atom. The number of hydrogen-bond acceptors (Lipinski definition) is 5. The van der Waals surface area contributed by atoms with E-state index in [-0.39, 0.29) is 12.1 Å². The minimum Gasteiger partial charge on any atom is -0.455 e. The van der Waals surface area contributed by atoms with Crippen molar-refractivity contribution in [2.75, 3.05) is 0 Å². The van der Waals surface area contributed by atoms with E-state index in [1.165, 1.54) is 13.1 Å². The molecule has 1 heterocycles. The van der Waals surface area contributed by atoms with Crippen LogP contribution in [0.3, 0.4) is 0 Å². The van der Waals surface area contributed by atoms with Crippen LogP contribution >= 0.6 is 11.6 Å². The van der Waals surface area contributed by atoms with Gasteiger partial charge in [0.05, 0.1) is 6.20 Å². The Kier molecular flexibility index (Phi) is 6.81. The Labute approximate surface area is 173 Å². The fraction of sp³-hybridized carbons (Fsp3) is 0.136. The lowest BCUT2D eigenvalue weighted by Crippen LogP contribution is -2.35. The zero-order valence-electron chi connectivity index (χ0n) is 15.7. The lowest BCUT2D eigenvalue weighted by atomic mass is 10.2. The van der Waals surface area contributed by atoms with Crippen LogP contribution in [0.1, 0.15) is 22.8 Å². The molecule has 0 radical (unpaired) electrons. The molecule has 2 aromatic carbocycles. The molecule has 0 saturated heterocycles. The van der Waals surface area contributed by atoms with E-state index in [0.29, 0.717) is 16.5 Å². The SMILES string of the molecule is CC(OC(=O)c1ccccc1Oc1cccnc1)C(=O)NCc1ccccc1Cl. The predicted octanol–water partition coefficient (Wildman–Crippen LogP) is 4.39. The van der Waals surface area contributed by atoms with Gasteiger partial charge < -0.3 is 14.8 Å². The monoisotopic (exact) mass is 410 g/mol. The second kappa shape index (κ2) is 9.71. The number of benzene rings is 2. The highest BCUT2D eigenvalue weighted by atomic mass is 35.5. The van der Waals surface area contributed by atoms with Crippen molar-refractivity contribution in [3.63, 3.8) is 0 Å². The van der Waals surface area contributed by atoms with Crippen LogP contribution in [-0.2, 0) is 16.1 Å². The number of carbonyl (C=O) groups is 2. The molecule has 3 rings (SSSR count).